The van der Waals surface area contributed by atoms with Crippen LogP contribution >= 0.6 is 15.9 Å². The first-order chi connectivity index (χ1) is 6.29. The average molecular weight is 237 g/mol. The molecule has 66 valence electrons. The summed E-state index contributed by atoms with van der Waals surface area (Å²) in [6.07, 6.45) is 0. The maximum absolute atomic E-state index is 5.57. The molecule has 0 aliphatic carbocycles. The lowest BCUT2D eigenvalue weighted by Gasteiger charge is -2.00. The summed E-state index contributed by atoms with van der Waals surface area (Å²) in [6, 6.07) is 9.95. The van der Waals surface area contributed by atoms with Gasteiger partial charge in [0.1, 0.15) is 5.82 Å². The van der Waals surface area contributed by atoms with Gasteiger partial charge in [-0.25, -0.2) is 4.98 Å². The van der Waals surface area contributed by atoms with Gasteiger partial charge in [-0.05, 0) is 29.8 Å². The Morgan fingerprint density at radius 2 is 2.08 bits per heavy atom. The largest absolute Gasteiger partial charge is 0.384 e. The van der Waals surface area contributed by atoms with Gasteiger partial charge in [-0.1, -0.05) is 22.0 Å². The summed E-state index contributed by atoms with van der Waals surface area (Å²) in [4.78, 5) is 4.21. The number of hydrogen-bond donors (Lipinski definition) is 1. The van der Waals surface area contributed by atoms with Gasteiger partial charge in [0.25, 0.3) is 0 Å². The van der Waals surface area contributed by atoms with Crippen molar-refractivity contribution in [3.05, 3.63) is 35.9 Å². The Balaban J connectivity index is 2.66. The van der Waals surface area contributed by atoms with Gasteiger partial charge >= 0.3 is 0 Å². The second-order valence-corrected chi connectivity index (χ2v) is 3.46. The van der Waals surface area contributed by atoms with Crippen molar-refractivity contribution in [2.24, 2.45) is 0 Å². The molecule has 0 fully saturated rings. The molecular weight excluding hydrogens is 228 g/mol. The zero-order valence-electron chi connectivity index (χ0n) is 7.00. The highest BCUT2D eigenvalue weighted by molar-refractivity contribution is 9.08. The van der Waals surface area contributed by atoms with Gasteiger partial charge in [-0.3, -0.25) is 0 Å². The van der Waals surface area contributed by atoms with Crippen LogP contribution in [0.3, 0.4) is 0 Å². The molecule has 2 aromatic rings. The molecule has 1 aromatic carbocycles. The third-order valence-electron chi connectivity index (χ3n) is 1.93. The lowest BCUT2D eigenvalue weighted by atomic mass is 10.1. The van der Waals surface area contributed by atoms with Crippen LogP contribution in [0.2, 0.25) is 0 Å². The lowest BCUT2D eigenvalue weighted by Crippen LogP contribution is -1.89. The van der Waals surface area contributed by atoms with Gasteiger partial charge in [0.2, 0.25) is 0 Å². The molecule has 0 bridgehead atoms. The van der Waals surface area contributed by atoms with E-state index in [0.29, 0.717) is 5.82 Å². The normalized spacial score (nSPS) is 10.5. The van der Waals surface area contributed by atoms with Crippen LogP contribution in [0.1, 0.15) is 5.56 Å². The van der Waals surface area contributed by atoms with E-state index in [0.717, 1.165) is 16.2 Å². The summed E-state index contributed by atoms with van der Waals surface area (Å²) in [5, 5.41) is 2.00. The maximum Gasteiger partial charge on any atom is 0.124 e. The molecule has 0 aliphatic heterocycles. The van der Waals surface area contributed by atoms with Gasteiger partial charge in [-0.15, -0.1) is 0 Å². The van der Waals surface area contributed by atoms with Gasteiger partial charge < -0.3 is 5.73 Å². The van der Waals surface area contributed by atoms with Crippen LogP contribution in [-0.4, -0.2) is 4.98 Å². The summed E-state index contributed by atoms with van der Waals surface area (Å²) >= 11 is 3.41. The summed E-state index contributed by atoms with van der Waals surface area (Å²) in [5.41, 5.74) is 7.77. The fourth-order valence-electron chi connectivity index (χ4n) is 1.27. The third kappa shape index (κ3) is 1.65. The number of nitrogen functional groups attached to an aromatic ring is 1. The summed E-state index contributed by atoms with van der Waals surface area (Å²) in [7, 11) is 0. The summed E-state index contributed by atoms with van der Waals surface area (Å²) < 4.78 is 0. The molecule has 0 spiro atoms. The van der Waals surface area contributed by atoms with Gasteiger partial charge in [-0.2, -0.15) is 0 Å². The molecule has 0 amide bonds. The van der Waals surface area contributed by atoms with Crippen LogP contribution in [-0.2, 0) is 5.33 Å². The van der Waals surface area contributed by atoms with Crippen molar-refractivity contribution in [3.8, 4) is 0 Å². The van der Waals surface area contributed by atoms with Crippen molar-refractivity contribution in [1.82, 2.24) is 4.98 Å². The van der Waals surface area contributed by atoms with E-state index < -0.39 is 0 Å². The molecule has 0 aliphatic rings. The smallest absolute Gasteiger partial charge is 0.124 e. The number of rotatable bonds is 1. The molecule has 2 rings (SSSR count). The van der Waals surface area contributed by atoms with E-state index in [1.165, 1.54) is 5.56 Å². The molecule has 0 saturated heterocycles. The topological polar surface area (TPSA) is 38.9 Å². The molecule has 0 atom stereocenters. The summed E-state index contributed by atoms with van der Waals surface area (Å²) in [6.45, 7) is 0. The van der Waals surface area contributed by atoms with Crippen molar-refractivity contribution < 1.29 is 0 Å². The monoisotopic (exact) mass is 236 g/mol. The zero-order chi connectivity index (χ0) is 9.26. The number of hydrogen-bond acceptors (Lipinski definition) is 2. The summed E-state index contributed by atoms with van der Waals surface area (Å²) in [5.74, 6) is 0.569. The Morgan fingerprint density at radius 1 is 1.23 bits per heavy atom. The molecule has 3 heteroatoms. The van der Waals surface area contributed by atoms with Gasteiger partial charge in [0.05, 0.1) is 5.52 Å². The van der Waals surface area contributed by atoms with E-state index in [9.17, 15) is 0 Å². The van der Waals surface area contributed by atoms with Crippen LogP contribution < -0.4 is 5.73 Å². The van der Waals surface area contributed by atoms with Gasteiger partial charge in [0, 0.05) is 10.7 Å². The van der Waals surface area contributed by atoms with Crippen molar-refractivity contribution in [3.63, 3.8) is 0 Å². The standard InChI is InChI=1S/C10H9BrN2/c11-6-7-1-3-9-8(5-7)2-4-10(12)13-9/h1-5H,6H2,(H2,12,13). The number of aromatic nitrogens is 1. The highest BCUT2D eigenvalue weighted by Gasteiger charge is 1.96. The van der Waals surface area contributed by atoms with E-state index in [1.807, 2.05) is 24.3 Å². The number of benzene rings is 1. The number of anilines is 1. The predicted molar refractivity (Wildman–Crippen MR) is 58.8 cm³/mol. The minimum absolute atomic E-state index is 0.569. The zero-order valence-corrected chi connectivity index (χ0v) is 8.58. The van der Waals surface area contributed by atoms with E-state index in [1.54, 1.807) is 0 Å². The van der Waals surface area contributed by atoms with Crippen LogP contribution in [0.4, 0.5) is 5.82 Å². The first-order valence-electron chi connectivity index (χ1n) is 4.01. The Bertz CT molecular complexity index is 440. The van der Waals surface area contributed by atoms with Crippen molar-refractivity contribution in [1.29, 1.82) is 0 Å². The number of nitrogens with two attached hydrogens (primary N) is 1. The number of alkyl halides is 1. The second-order valence-electron chi connectivity index (χ2n) is 2.90. The number of fused-ring (bicyclic) bond motifs is 1. The molecule has 1 heterocycles. The van der Waals surface area contributed by atoms with Crippen molar-refractivity contribution in [2.45, 2.75) is 5.33 Å². The van der Waals surface area contributed by atoms with Crippen molar-refractivity contribution >= 4 is 32.7 Å². The van der Waals surface area contributed by atoms with Crippen molar-refractivity contribution in [2.75, 3.05) is 5.73 Å². The minimum Gasteiger partial charge on any atom is -0.384 e. The predicted octanol–water partition coefficient (Wildman–Crippen LogP) is 2.71. The van der Waals surface area contributed by atoms with Crippen LogP contribution in [0.25, 0.3) is 10.9 Å². The Labute approximate surface area is 84.9 Å². The quantitative estimate of drug-likeness (QED) is 0.774. The Morgan fingerprint density at radius 3 is 2.85 bits per heavy atom. The first kappa shape index (κ1) is 8.51. The van der Waals surface area contributed by atoms with Crippen LogP contribution in [0, 0.1) is 0 Å². The molecule has 2 N–H and O–H groups in total. The number of nitrogens with zero attached hydrogens (tertiary/aromatic N) is 1. The minimum atomic E-state index is 0.569. The number of pyridine rings is 1. The third-order valence-corrected chi connectivity index (χ3v) is 2.58. The van der Waals surface area contributed by atoms with E-state index in [4.69, 9.17) is 5.73 Å². The average Bonchev–Trinajstić information content (AvgIpc) is 2.17. The Kier molecular flexibility index (Phi) is 2.19. The molecular formula is C10H9BrN2. The first-order valence-corrected chi connectivity index (χ1v) is 5.13. The highest BCUT2D eigenvalue weighted by Crippen LogP contribution is 2.16. The molecule has 0 unspecified atom stereocenters. The molecule has 2 nitrogen and oxygen atoms in total. The molecule has 13 heavy (non-hydrogen) atoms. The molecule has 0 saturated carbocycles. The molecule has 0 radical (unpaired) electrons. The highest BCUT2D eigenvalue weighted by atomic mass is 79.9. The number of halogens is 1. The lowest BCUT2D eigenvalue weighted by molar-refractivity contribution is 1.39. The van der Waals surface area contributed by atoms with Crippen LogP contribution in [0.15, 0.2) is 30.3 Å². The van der Waals surface area contributed by atoms with Crippen LogP contribution in [0.5, 0.6) is 0 Å². The van der Waals surface area contributed by atoms with Gasteiger partial charge in [0.15, 0.2) is 0 Å². The van der Waals surface area contributed by atoms with E-state index in [-0.39, 0.29) is 0 Å². The Hall–Kier alpha value is -1.09. The van der Waals surface area contributed by atoms with E-state index >= 15 is 0 Å². The SMILES string of the molecule is Nc1ccc2cc(CBr)ccc2n1. The fourth-order valence-corrected chi connectivity index (χ4v) is 1.62. The fraction of sp³-hybridized carbons (Fsp3) is 0.100. The second kappa shape index (κ2) is 3.34. The molecule has 1 aromatic heterocycles. The van der Waals surface area contributed by atoms with E-state index in [2.05, 4.69) is 27.0 Å². The maximum atomic E-state index is 5.57.